The quantitative estimate of drug-likeness (QED) is 0.363. The zero-order valence-electron chi connectivity index (χ0n) is 8.61. The second kappa shape index (κ2) is 6.30. The molecule has 0 aliphatic rings. The molecule has 0 unspecified atom stereocenters. The van der Waals surface area contributed by atoms with Gasteiger partial charge in [-0.05, 0) is 24.6 Å². The van der Waals surface area contributed by atoms with Crippen molar-refractivity contribution in [2.45, 2.75) is 19.8 Å². The van der Waals surface area contributed by atoms with Crippen molar-refractivity contribution in [3.05, 3.63) is 28.8 Å². The molecular formula is C11H14ClNO2. The van der Waals surface area contributed by atoms with Crippen LogP contribution in [0.2, 0.25) is 5.02 Å². The van der Waals surface area contributed by atoms with E-state index in [4.69, 9.17) is 21.5 Å². The first-order valence-corrected chi connectivity index (χ1v) is 5.25. The second-order valence-corrected chi connectivity index (χ2v) is 3.54. The van der Waals surface area contributed by atoms with E-state index in [2.05, 4.69) is 12.1 Å². The molecular weight excluding hydrogens is 214 g/mol. The van der Waals surface area contributed by atoms with Crippen LogP contribution >= 0.6 is 11.6 Å². The van der Waals surface area contributed by atoms with E-state index in [1.165, 1.54) is 6.21 Å². The highest BCUT2D eigenvalue weighted by Crippen LogP contribution is 2.21. The molecule has 4 heteroatoms. The summed E-state index contributed by atoms with van der Waals surface area (Å²) in [5, 5.41) is 11.8. The van der Waals surface area contributed by atoms with Crippen molar-refractivity contribution in [1.29, 1.82) is 0 Å². The van der Waals surface area contributed by atoms with Crippen LogP contribution in [0.3, 0.4) is 0 Å². The molecule has 0 saturated heterocycles. The molecule has 0 aliphatic carbocycles. The molecule has 1 aromatic carbocycles. The van der Waals surface area contributed by atoms with Gasteiger partial charge >= 0.3 is 0 Å². The van der Waals surface area contributed by atoms with Crippen LogP contribution in [0, 0.1) is 0 Å². The summed E-state index contributed by atoms with van der Waals surface area (Å²) in [4.78, 5) is 0. The van der Waals surface area contributed by atoms with Crippen molar-refractivity contribution >= 4 is 17.8 Å². The minimum atomic E-state index is 0.516. The molecule has 0 aromatic heterocycles. The highest BCUT2D eigenvalue weighted by molar-refractivity contribution is 6.33. The lowest BCUT2D eigenvalue weighted by Gasteiger charge is -2.06. The standard InChI is InChI=1S/C11H14ClNO2/c1-2-3-6-15-10-5-4-9(8-13-14)11(12)7-10/h4-5,7-8,14H,2-3,6H2,1H3/b13-8-. The van der Waals surface area contributed by atoms with Crippen molar-refractivity contribution < 1.29 is 9.94 Å². The fourth-order valence-electron chi connectivity index (χ4n) is 1.10. The summed E-state index contributed by atoms with van der Waals surface area (Å²) in [6.45, 7) is 2.80. The van der Waals surface area contributed by atoms with Gasteiger partial charge in [0, 0.05) is 5.56 Å². The third-order valence-corrected chi connectivity index (χ3v) is 2.26. The third kappa shape index (κ3) is 3.80. The van der Waals surface area contributed by atoms with E-state index in [-0.39, 0.29) is 0 Å². The molecule has 1 aromatic rings. The molecule has 0 radical (unpaired) electrons. The fraction of sp³-hybridized carbons (Fsp3) is 0.364. The van der Waals surface area contributed by atoms with Gasteiger partial charge in [0.1, 0.15) is 5.75 Å². The van der Waals surface area contributed by atoms with Crippen LogP contribution in [-0.2, 0) is 0 Å². The van der Waals surface area contributed by atoms with Gasteiger partial charge < -0.3 is 9.94 Å². The summed E-state index contributed by atoms with van der Waals surface area (Å²) in [6.07, 6.45) is 3.42. The Balaban J connectivity index is 2.65. The van der Waals surface area contributed by atoms with E-state index in [0.29, 0.717) is 17.2 Å². The Labute approximate surface area is 94.3 Å². The average molecular weight is 228 g/mol. The molecule has 0 aliphatic heterocycles. The summed E-state index contributed by atoms with van der Waals surface area (Å²) in [7, 11) is 0. The number of unbranched alkanes of at least 4 members (excludes halogenated alkanes) is 1. The highest BCUT2D eigenvalue weighted by atomic mass is 35.5. The van der Waals surface area contributed by atoms with E-state index >= 15 is 0 Å². The van der Waals surface area contributed by atoms with E-state index in [9.17, 15) is 0 Å². The minimum Gasteiger partial charge on any atom is -0.494 e. The van der Waals surface area contributed by atoms with E-state index in [1.54, 1.807) is 18.2 Å². The smallest absolute Gasteiger partial charge is 0.120 e. The summed E-state index contributed by atoms with van der Waals surface area (Å²) < 4.78 is 5.47. The lowest BCUT2D eigenvalue weighted by atomic mass is 10.2. The van der Waals surface area contributed by atoms with Crippen molar-refractivity contribution in [3.63, 3.8) is 0 Å². The van der Waals surface area contributed by atoms with Crippen molar-refractivity contribution in [1.82, 2.24) is 0 Å². The Bertz CT molecular complexity index is 339. The van der Waals surface area contributed by atoms with E-state index < -0.39 is 0 Å². The summed E-state index contributed by atoms with van der Waals surface area (Å²) in [6, 6.07) is 5.27. The fourth-order valence-corrected chi connectivity index (χ4v) is 1.32. The molecule has 0 fully saturated rings. The lowest BCUT2D eigenvalue weighted by molar-refractivity contribution is 0.309. The van der Waals surface area contributed by atoms with Gasteiger partial charge in [0.2, 0.25) is 0 Å². The molecule has 1 N–H and O–H groups in total. The number of oxime groups is 1. The Morgan fingerprint density at radius 2 is 2.33 bits per heavy atom. The number of ether oxygens (including phenoxy) is 1. The Hall–Kier alpha value is -1.22. The SMILES string of the molecule is CCCCOc1ccc(/C=N\O)c(Cl)c1. The molecule has 0 saturated carbocycles. The van der Waals surface area contributed by atoms with Crippen LogP contribution in [0.15, 0.2) is 23.4 Å². The predicted octanol–water partition coefficient (Wildman–Crippen LogP) is 3.33. The largest absolute Gasteiger partial charge is 0.494 e. The highest BCUT2D eigenvalue weighted by Gasteiger charge is 2.00. The molecule has 1 rings (SSSR count). The van der Waals surface area contributed by atoms with Gasteiger partial charge in [-0.25, -0.2) is 0 Å². The molecule has 0 bridgehead atoms. The van der Waals surface area contributed by atoms with Crippen LogP contribution in [-0.4, -0.2) is 18.0 Å². The van der Waals surface area contributed by atoms with Crippen LogP contribution in [0.5, 0.6) is 5.75 Å². The molecule has 3 nitrogen and oxygen atoms in total. The maximum absolute atomic E-state index is 8.37. The number of nitrogens with zero attached hydrogens (tertiary/aromatic N) is 1. The first-order valence-electron chi connectivity index (χ1n) is 4.87. The molecule has 0 atom stereocenters. The van der Waals surface area contributed by atoms with E-state index in [0.717, 1.165) is 18.6 Å². The normalized spacial score (nSPS) is 10.8. The Kier molecular flexibility index (Phi) is 4.98. The zero-order valence-corrected chi connectivity index (χ0v) is 9.37. The third-order valence-electron chi connectivity index (χ3n) is 1.94. The van der Waals surface area contributed by atoms with Gasteiger partial charge in [-0.3, -0.25) is 0 Å². The maximum atomic E-state index is 8.37. The van der Waals surface area contributed by atoms with Crippen molar-refractivity contribution in [2.75, 3.05) is 6.61 Å². The van der Waals surface area contributed by atoms with Crippen LogP contribution in [0.1, 0.15) is 25.3 Å². The van der Waals surface area contributed by atoms with Gasteiger partial charge in [0.25, 0.3) is 0 Å². The lowest BCUT2D eigenvalue weighted by Crippen LogP contribution is -1.96. The number of benzene rings is 1. The van der Waals surface area contributed by atoms with Crippen LogP contribution in [0.25, 0.3) is 0 Å². The molecule has 0 spiro atoms. The first kappa shape index (κ1) is 11.9. The average Bonchev–Trinajstić information content (AvgIpc) is 2.23. The summed E-state index contributed by atoms with van der Waals surface area (Å²) in [5.41, 5.74) is 0.669. The molecule has 0 heterocycles. The van der Waals surface area contributed by atoms with Gasteiger partial charge in [-0.2, -0.15) is 0 Å². The minimum absolute atomic E-state index is 0.516. The van der Waals surface area contributed by atoms with Crippen molar-refractivity contribution in [2.24, 2.45) is 5.16 Å². The topological polar surface area (TPSA) is 41.8 Å². The molecule has 0 amide bonds. The monoisotopic (exact) mass is 227 g/mol. The van der Waals surface area contributed by atoms with Crippen LogP contribution < -0.4 is 4.74 Å². The summed E-state index contributed by atoms with van der Waals surface area (Å²) >= 11 is 5.94. The number of hydrogen-bond acceptors (Lipinski definition) is 3. The van der Waals surface area contributed by atoms with Crippen molar-refractivity contribution in [3.8, 4) is 5.75 Å². The predicted molar refractivity (Wildman–Crippen MR) is 61.2 cm³/mol. The van der Waals surface area contributed by atoms with Gasteiger partial charge in [-0.15, -0.1) is 0 Å². The second-order valence-electron chi connectivity index (χ2n) is 3.13. The number of halogens is 1. The maximum Gasteiger partial charge on any atom is 0.120 e. The zero-order chi connectivity index (χ0) is 11.1. The summed E-state index contributed by atoms with van der Waals surface area (Å²) in [5.74, 6) is 0.739. The number of rotatable bonds is 5. The van der Waals surface area contributed by atoms with Gasteiger partial charge in [0.15, 0.2) is 0 Å². The van der Waals surface area contributed by atoms with Gasteiger partial charge in [0.05, 0.1) is 17.8 Å². The number of hydrogen-bond donors (Lipinski definition) is 1. The molecule has 15 heavy (non-hydrogen) atoms. The van der Waals surface area contributed by atoms with Gasteiger partial charge in [-0.1, -0.05) is 30.1 Å². The Morgan fingerprint density at radius 1 is 1.53 bits per heavy atom. The van der Waals surface area contributed by atoms with Crippen LogP contribution in [0.4, 0.5) is 0 Å². The Morgan fingerprint density at radius 3 is 2.93 bits per heavy atom. The van der Waals surface area contributed by atoms with E-state index in [1.807, 2.05) is 0 Å². The first-order chi connectivity index (χ1) is 7.27. The molecule has 82 valence electrons.